The molecule has 1 atom stereocenters. The Hall–Kier alpha value is -1.31. The molecule has 0 aromatic heterocycles. The topological polar surface area (TPSA) is 35.5 Å². The minimum Gasteiger partial charge on any atom is -0.462 e. The third-order valence-corrected chi connectivity index (χ3v) is 2.55. The number of carbonyl (C=O) groups is 1. The Morgan fingerprint density at radius 2 is 1.74 bits per heavy atom. The van der Waals surface area contributed by atoms with Gasteiger partial charge in [-0.3, -0.25) is 0 Å². The summed E-state index contributed by atoms with van der Waals surface area (Å²) in [6.45, 7) is 1.78. The summed E-state index contributed by atoms with van der Waals surface area (Å²) in [4.78, 5) is 11.3. The summed E-state index contributed by atoms with van der Waals surface area (Å²) in [6, 6.07) is 4.42. The molecule has 1 aromatic rings. The molecule has 0 heterocycles. The second kappa shape index (κ2) is 5.77. The number of halogens is 5. The van der Waals surface area contributed by atoms with Crippen molar-refractivity contribution in [2.45, 2.75) is 17.9 Å². The Kier molecular flexibility index (Phi) is 4.78. The Bertz CT molecular complexity index is 442. The van der Waals surface area contributed by atoms with Gasteiger partial charge in [-0.15, -0.1) is 0 Å². The molecular formula is C11H9BrF4O3. The molecule has 0 fully saturated rings. The molecule has 19 heavy (non-hydrogen) atoms. The zero-order chi connectivity index (χ0) is 14.7. The molecule has 1 aromatic carbocycles. The van der Waals surface area contributed by atoms with Gasteiger partial charge in [0, 0.05) is 15.9 Å². The van der Waals surface area contributed by atoms with E-state index in [0.717, 1.165) is 12.1 Å². The molecule has 0 saturated heterocycles. The van der Waals surface area contributed by atoms with Crippen molar-refractivity contribution in [2.24, 2.45) is 0 Å². The molecule has 0 amide bonds. The Labute approximate surface area is 114 Å². The van der Waals surface area contributed by atoms with Gasteiger partial charge in [0.15, 0.2) is 0 Å². The number of hydrogen-bond acceptors (Lipinski definition) is 3. The zero-order valence-electron chi connectivity index (χ0n) is 9.63. The average Bonchev–Trinajstić information content (AvgIpc) is 2.28. The van der Waals surface area contributed by atoms with Crippen LogP contribution >= 0.6 is 15.9 Å². The second-order valence-electron chi connectivity index (χ2n) is 3.36. The fraction of sp³-hybridized carbons (Fsp3) is 0.364. The molecule has 106 valence electrons. The number of hydrogen-bond donors (Lipinski definition) is 0. The molecule has 0 spiro atoms. The first-order valence-electron chi connectivity index (χ1n) is 5.08. The molecule has 1 rings (SSSR count). The van der Waals surface area contributed by atoms with Crippen LogP contribution in [0.2, 0.25) is 0 Å². The normalized spacial score (nSPS) is 14.6. The molecule has 0 radical (unpaired) electrons. The van der Waals surface area contributed by atoms with Gasteiger partial charge in [-0.25, -0.2) is 4.79 Å². The number of benzene rings is 1. The quantitative estimate of drug-likeness (QED) is 0.473. The summed E-state index contributed by atoms with van der Waals surface area (Å²) in [5.41, 5.74) is 0.125. The summed E-state index contributed by atoms with van der Waals surface area (Å²) in [5, 5.41) is 0. The lowest BCUT2D eigenvalue weighted by Crippen LogP contribution is -2.40. The maximum atomic E-state index is 13.1. The van der Waals surface area contributed by atoms with Gasteiger partial charge in [0.2, 0.25) is 0 Å². The van der Waals surface area contributed by atoms with E-state index in [0.29, 0.717) is 0 Å². The molecule has 0 aliphatic heterocycles. The predicted molar refractivity (Wildman–Crippen MR) is 61.8 cm³/mol. The van der Waals surface area contributed by atoms with Gasteiger partial charge in [-0.1, -0.05) is 0 Å². The molecule has 3 nitrogen and oxygen atoms in total. The van der Waals surface area contributed by atoms with Crippen molar-refractivity contribution in [1.82, 2.24) is 0 Å². The largest absolute Gasteiger partial charge is 0.472 e. The number of alkyl halides is 5. The first-order valence-corrected chi connectivity index (χ1v) is 5.87. The van der Waals surface area contributed by atoms with Crippen molar-refractivity contribution in [3.63, 3.8) is 0 Å². The smallest absolute Gasteiger partial charge is 0.462 e. The van der Waals surface area contributed by atoms with Crippen molar-refractivity contribution in [3.05, 3.63) is 29.8 Å². The van der Waals surface area contributed by atoms with Crippen LogP contribution in [0.1, 0.15) is 17.3 Å². The average molecular weight is 345 g/mol. The van der Waals surface area contributed by atoms with E-state index in [2.05, 4.69) is 9.47 Å². The predicted octanol–water partition coefficient (Wildman–Crippen LogP) is 3.82. The van der Waals surface area contributed by atoms with E-state index in [9.17, 15) is 22.4 Å². The minimum absolute atomic E-state index is 0.125. The van der Waals surface area contributed by atoms with E-state index < -0.39 is 16.9 Å². The summed E-state index contributed by atoms with van der Waals surface area (Å²) in [6.07, 6.45) is -5.23. The maximum absolute atomic E-state index is 13.1. The van der Waals surface area contributed by atoms with Crippen LogP contribution in [0.4, 0.5) is 17.6 Å². The van der Waals surface area contributed by atoms with Crippen LogP contribution in [-0.2, 0) is 4.74 Å². The van der Waals surface area contributed by atoms with Gasteiger partial charge in [-0.2, -0.15) is 17.6 Å². The van der Waals surface area contributed by atoms with Crippen LogP contribution in [0.25, 0.3) is 0 Å². The van der Waals surface area contributed by atoms with Crippen molar-refractivity contribution in [1.29, 1.82) is 0 Å². The number of esters is 1. The van der Waals surface area contributed by atoms with Crippen molar-refractivity contribution >= 4 is 21.9 Å². The third-order valence-electron chi connectivity index (χ3n) is 1.94. The summed E-state index contributed by atoms with van der Waals surface area (Å²) < 4.78 is 54.6. The highest BCUT2D eigenvalue weighted by atomic mass is 79.9. The minimum atomic E-state index is -5.23. The fourth-order valence-electron chi connectivity index (χ4n) is 1.08. The van der Waals surface area contributed by atoms with Crippen LogP contribution in [0, 0.1) is 0 Å². The van der Waals surface area contributed by atoms with Crippen LogP contribution in [0.3, 0.4) is 0 Å². The molecule has 0 N–H and O–H groups in total. The second-order valence-corrected chi connectivity index (χ2v) is 4.38. The summed E-state index contributed by atoms with van der Waals surface area (Å²) in [5.74, 6) is -1.01. The SMILES string of the molecule is CCOC(=O)c1ccc(OC(F)(Br)C(F)(F)F)cc1. The van der Waals surface area contributed by atoms with Crippen molar-refractivity contribution in [3.8, 4) is 5.75 Å². The van der Waals surface area contributed by atoms with Crippen molar-refractivity contribution < 1.29 is 31.8 Å². The number of ether oxygens (including phenoxy) is 2. The highest BCUT2D eigenvalue weighted by Gasteiger charge is 2.57. The first-order chi connectivity index (χ1) is 8.67. The monoisotopic (exact) mass is 344 g/mol. The standard InChI is InChI=1S/C11H9BrF4O3/c1-2-18-9(17)7-3-5-8(6-4-7)19-10(12,13)11(14,15)16/h3-6H,2H2,1H3. The zero-order valence-corrected chi connectivity index (χ0v) is 11.2. The van der Waals surface area contributed by atoms with Gasteiger partial charge in [0.1, 0.15) is 5.75 Å². The van der Waals surface area contributed by atoms with Crippen molar-refractivity contribution in [2.75, 3.05) is 6.61 Å². The lowest BCUT2D eigenvalue weighted by Gasteiger charge is -2.22. The molecular weight excluding hydrogens is 336 g/mol. The molecule has 0 saturated carbocycles. The van der Waals surface area contributed by atoms with Crippen LogP contribution in [-0.4, -0.2) is 23.5 Å². The molecule has 0 aliphatic rings. The van der Waals surface area contributed by atoms with E-state index in [1.165, 1.54) is 12.1 Å². The third kappa shape index (κ3) is 4.09. The number of rotatable bonds is 4. The lowest BCUT2D eigenvalue weighted by molar-refractivity contribution is -0.252. The van der Waals surface area contributed by atoms with E-state index >= 15 is 0 Å². The van der Waals surface area contributed by atoms with E-state index in [1.807, 2.05) is 0 Å². The van der Waals surface area contributed by atoms with Gasteiger partial charge in [0.25, 0.3) is 0 Å². The highest BCUT2D eigenvalue weighted by Crippen LogP contribution is 2.40. The Morgan fingerprint density at radius 3 is 2.16 bits per heavy atom. The lowest BCUT2D eigenvalue weighted by atomic mass is 10.2. The van der Waals surface area contributed by atoms with Gasteiger partial charge in [-0.05, 0) is 31.2 Å². The summed E-state index contributed by atoms with van der Waals surface area (Å²) in [7, 11) is 0. The van der Waals surface area contributed by atoms with Crippen LogP contribution < -0.4 is 4.74 Å². The first kappa shape index (κ1) is 15.7. The number of carbonyl (C=O) groups excluding carboxylic acids is 1. The molecule has 0 bridgehead atoms. The fourth-order valence-corrected chi connectivity index (χ4v) is 1.27. The Balaban J connectivity index is 2.81. The van der Waals surface area contributed by atoms with E-state index in [1.54, 1.807) is 22.9 Å². The highest BCUT2D eigenvalue weighted by molar-refractivity contribution is 9.10. The molecule has 0 aliphatic carbocycles. The van der Waals surface area contributed by atoms with Gasteiger partial charge < -0.3 is 9.47 Å². The maximum Gasteiger partial charge on any atom is 0.472 e. The summed E-state index contributed by atoms with van der Waals surface area (Å²) >= 11 is 1.81. The van der Waals surface area contributed by atoms with Crippen LogP contribution in [0.5, 0.6) is 5.75 Å². The van der Waals surface area contributed by atoms with Crippen LogP contribution in [0.15, 0.2) is 24.3 Å². The Morgan fingerprint density at radius 1 is 1.21 bits per heavy atom. The van der Waals surface area contributed by atoms with Gasteiger partial charge >= 0.3 is 16.9 Å². The molecule has 1 unspecified atom stereocenters. The van der Waals surface area contributed by atoms with E-state index in [4.69, 9.17) is 0 Å². The van der Waals surface area contributed by atoms with E-state index in [-0.39, 0.29) is 17.9 Å². The van der Waals surface area contributed by atoms with Gasteiger partial charge in [0.05, 0.1) is 12.2 Å². The molecule has 8 heteroatoms.